The largest absolute Gasteiger partial charge is 0.702 e. The molecular formula is C7H3Cl9O6Si. The van der Waals surface area contributed by atoms with Gasteiger partial charge in [0.25, 0.3) is 11.4 Å². The van der Waals surface area contributed by atoms with Gasteiger partial charge in [0, 0.05) is 6.55 Å². The molecule has 6 nitrogen and oxygen atoms in total. The maximum absolute atomic E-state index is 11.6. The lowest BCUT2D eigenvalue weighted by Crippen LogP contribution is -2.52. The number of rotatable bonds is 3. The summed E-state index contributed by atoms with van der Waals surface area (Å²) < 4.78 is 6.03. The summed E-state index contributed by atoms with van der Waals surface area (Å²) in [5.41, 5.74) is 0. The lowest BCUT2D eigenvalue weighted by atomic mass is 10.8. The Balaban J connectivity index is 5.48. The minimum atomic E-state index is -4.58. The Kier molecular flexibility index (Phi) is 8.73. The summed E-state index contributed by atoms with van der Waals surface area (Å²) in [7, 11) is -4.58. The van der Waals surface area contributed by atoms with Crippen LogP contribution in [0, 0.1) is 0 Å². The van der Waals surface area contributed by atoms with Gasteiger partial charge in [-0.25, -0.2) is 14.4 Å². The second-order valence-corrected chi connectivity index (χ2v) is 12.7. The molecule has 0 amide bonds. The van der Waals surface area contributed by atoms with Gasteiger partial charge in [-0.05, 0) is 0 Å². The topological polar surface area (TPSA) is 78.9 Å². The van der Waals surface area contributed by atoms with Crippen LogP contribution in [-0.2, 0) is 27.7 Å². The van der Waals surface area contributed by atoms with E-state index in [0.29, 0.717) is 0 Å². The summed E-state index contributed by atoms with van der Waals surface area (Å²) in [6.45, 7) is 0.851. The molecule has 0 aliphatic heterocycles. The van der Waals surface area contributed by atoms with Crippen LogP contribution in [0.5, 0.6) is 0 Å². The number of halogens is 9. The lowest BCUT2D eigenvalue weighted by Gasteiger charge is -2.27. The molecule has 0 aromatic heterocycles. The van der Waals surface area contributed by atoms with Crippen LogP contribution in [-0.4, -0.2) is 38.1 Å². The van der Waals surface area contributed by atoms with Gasteiger partial charge in [0.2, 0.25) is 0 Å². The van der Waals surface area contributed by atoms with Crippen LogP contribution in [0.4, 0.5) is 0 Å². The van der Waals surface area contributed by atoms with E-state index in [1.165, 1.54) is 0 Å². The molecule has 0 radical (unpaired) electrons. The Hall–Kier alpha value is 1.24. The molecule has 23 heavy (non-hydrogen) atoms. The molecule has 0 unspecified atom stereocenters. The predicted octanol–water partition coefficient (Wildman–Crippen LogP) is 4.30. The van der Waals surface area contributed by atoms with Crippen molar-refractivity contribution in [3.05, 3.63) is 0 Å². The van der Waals surface area contributed by atoms with E-state index in [4.69, 9.17) is 104 Å². The first kappa shape index (κ1) is 24.2. The first-order chi connectivity index (χ1) is 9.88. The normalized spacial score (nSPS) is 13.3. The van der Waals surface area contributed by atoms with E-state index in [9.17, 15) is 14.4 Å². The standard InChI is InChI=1S/C7H3Cl9O6Si/c1-23(20-2(17)5(8,9)10,21-3(18)6(11,12)13)22-4(19)7(14,15)16/h1H3. The van der Waals surface area contributed by atoms with Crippen molar-refractivity contribution >= 4 is 131 Å². The van der Waals surface area contributed by atoms with Crippen LogP contribution >= 0.6 is 104 Å². The number of carbonyl (C=O) groups excluding carboxylic acids is 3. The third kappa shape index (κ3) is 8.94. The van der Waals surface area contributed by atoms with Crippen LogP contribution < -0.4 is 0 Å². The average Bonchev–Trinajstić information content (AvgIpc) is 2.23. The second-order valence-electron chi connectivity index (χ2n) is 3.52. The zero-order chi connectivity index (χ0) is 18.9. The molecule has 16 heteroatoms. The Labute approximate surface area is 175 Å². The molecular weight excluding hydrogens is 527 g/mol. The first-order valence-corrected chi connectivity index (χ1v) is 10.4. The van der Waals surface area contributed by atoms with Crippen molar-refractivity contribution < 1.29 is 27.7 Å². The molecule has 0 aliphatic rings. The molecule has 0 atom stereocenters. The highest BCUT2D eigenvalue weighted by Crippen LogP contribution is 2.34. The van der Waals surface area contributed by atoms with E-state index >= 15 is 0 Å². The monoisotopic (exact) mass is 526 g/mol. The molecule has 0 aromatic rings. The van der Waals surface area contributed by atoms with Gasteiger partial charge < -0.3 is 13.3 Å². The van der Waals surface area contributed by atoms with E-state index in [-0.39, 0.29) is 0 Å². The van der Waals surface area contributed by atoms with Crippen molar-refractivity contribution in [1.82, 2.24) is 0 Å². The maximum atomic E-state index is 11.6. The number of alkyl halides is 9. The van der Waals surface area contributed by atoms with Crippen LogP contribution in [0.1, 0.15) is 0 Å². The fourth-order valence-electron chi connectivity index (χ4n) is 0.741. The third-order valence-corrected chi connectivity index (χ3v) is 4.59. The van der Waals surface area contributed by atoms with Gasteiger partial charge in [0.1, 0.15) is 0 Å². The average molecular weight is 530 g/mol. The SMILES string of the molecule is C[Si](OC(=O)C(Cl)(Cl)Cl)(OC(=O)C(Cl)(Cl)Cl)OC(=O)C(Cl)(Cl)Cl. The van der Waals surface area contributed by atoms with E-state index < -0.39 is 38.1 Å². The summed E-state index contributed by atoms with van der Waals surface area (Å²) in [5, 5.41) is 0. The van der Waals surface area contributed by atoms with Crippen molar-refractivity contribution in [2.75, 3.05) is 0 Å². The molecule has 0 rings (SSSR count). The Bertz CT molecular complexity index is 423. The van der Waals surface area contributed by atoms with Crippen LogP contribution in [0.3, 0.4) is 0 Å². The van der Waals surface area contributed by atoms with E-state index in [1.807, 2.05) is 0 Å². The summed E-state index contributed by atoms with van der Waals surface area (Å²) >= 11 is 47.6. The number of carbonyl (C=O) groups is 3. The molecule has 134 valence electrons. The summed E-state index contributed by atoms with van der Waals surface area (Å²) in [4.78, 5) is 34.7. The lowest BCUT2D eigenvalue weighted by molar-refractivity contribution is -0.149. The van der Waals surface area contributed by atoms with Crippen LogP contribution in [0.15, 0.2) is 0 Å². The molecule has 0 fully saturated rings. The van der Waals surface area contributed by atoms with Crippen molar-refractivity contribution in [3.63, 3.8) is 0 Å². The minimum Gasteiger partial charge on any atom is -0.452 e. The minimum absolute atomic E-state index is 0.851. The van der Waals surface area contributed by atoms with Gasteiger partial charge in [-0.1, -0.05) is 104 Å². The van der Waals surface area contributed by atoms with E-state index in [2.05, 4.69) is 13.3 Å². The molecule has 0 aromatic carbocycles. The highest BCUT2D eigenvalue weighted by Gasteiger charge is 2.55. The number of hydrogen-bond acceptors (Lipinski definition) is 6. The molecule has 0 N–H and O–H groups in total. The van der Waals surface area contributed by atoms with Gasteiger partial charge in [0.05, 0.1) is 0 Å². The number of hydrogen-bond donors (Lipinski definition) is 0. The van der Waals surface area contributed by atoms with E-state index in [1.54, 1.807) is 0 Å². The van der Waals surface area contributed by atoms with Gasteiger partial charge in [-0.2, -0.15) is 0 Å². The van der Waals surface area contributed by atoms with Crippen molar-refractivity contribution in [3.8, 4) is 0 Å². The fourth-order valence-corrected chi connectivity index (χ4v) is 3.27. The van der Waals surface area contributed by atoms with Gasteiger partial charge in [-0.15, -0.1) is 0 Å². The van der Waals surface area contributed by atoms with Crippen LogP contribution in [0.25, 0.3) is 0 Å². The highest BCUT2D eigenvalue weighted by molar-refractivity contribution is 6.80. The summed E-state index contributed by atoms with van der Waals surface area (Å²) in [6.07, 6.45) is 0. The Morgan fingerprint density at radius 3 is 0.913 bits per heavy atom. The molecule has 0 heterocycles. The van der Waals surface area contributed by atoms with E-state index in [0.717, 1.165) is 6.55 Å². The second kappa shape index (κ2) is 8.29. The van der Waals surface area contributed by atoms with Crippen molar-refractivity contribution in [2.45, 2.75) is 17.9 Å². The van der Waals surface area contributed by atoms with Crippen LogP contribution in [0.2, 0.25) is 6.55 Å². The third-order valence-electron chi connectivity index (χ3n) is 1.53. The molecule has 0 saturated heterocycles. The molecule has 0 bridgehead atoms. The molecule has 0 spiro atoms. The van der Waals surface area contributed by atoms with Gasteiger partial charge >= 0.3 is 26.7 Å². The molecule has 0 saturated carbocycles. The predicted molar refractivity (Wildman–Crippen MR) is 90.8 cm³/mol. The zero-order valence-corrected chi connectivity index (χ0v) is 18.2. The van der Waals surface area contributed by atoms with Crippen molar-refractivity contribution in [2.24, 2.45) is 0 Å². The maximum Gasteiger partial charge on any atom is 0.702 e. The van der Waals surface area contributed by atoms with Gasteiger partial charge in [0.15, 0.2) is 0 Å². The van der Waals surface area contributed by atoms with Crippen molar-refractivity contribution in [1.29, 1.82) is 0 Å². The first-order valence-electron chi connectivity index (χ1n) is 4.79. The molecule has 0 aliphatic carbocycles. The smallest absolute Gasteiger partial charge is 0.452 e. The zero-order valence-electron chi connectivity index (χ0n) is 10.4. The Morgan fingerprint density at radius 2 is 0.783 bits per heavy atom. The Morgan fingerprint density at radius 1 is 0.609 bits per heavy atom. The quantitative estimate of drug-likeness (QED) is 0.400. The summed E-state index contributed by atoms with van der Waals surface area (Å²) in [5.74, 6) is -4.65. The fraction of sp³-hybridized carbons (Fsp3) is 0.571. The highest BCUT2D eigenvalue weighted by atomic mass is 35.6. The summed E-state index contributed by atoms with van der Waals surface area (Å²) in [6, 6.07) is 0. The van der Waals surface area contributed by atoms with Gasteiger partial charge in [-0.3, -0.25) is 0 Å².